The SMILES string of the molecule is CCC(C)NC(=O)C1CN(c2cc(-c3ccccc3)ncn2)C1. The summed E-state index contributed by atoms with van der Waals surface area (Å²) in [5.74, 6) is 1.08. The van der Waals surface area contributed by atoms with Gasteiger partial charge in [0.05, 0.1) is 11.6 Å². The summed E-state index contributed by atoms with van der Waals surface area (Å²) < 4.78 is 0. The fraction of sp³-hybridized carbons (Fsp3) is 0.389. The fourth-order valence-corrected chi connectivity index (χ4v) is 2.58. The molecule has 120 valence electrons. The van der Waals surface area contributed by atoms with Crippen molar-refractivity contribution in [3.05, 3.63) is 42.7 Å². The number of carbonyl (C=O) groups is 1. The molecule has 1 amide bonds. The highest BCUT2D eigenvalue weighted by Crippen LogP contribution is 2.26. The maximum Gasteiger partial charge on any atom is 0.226 e. The van der Waals surface area contributed by atoms with Crippen LogP contribution in [-0.4, -0.2) is 35.0 Å². The van der Waals surface area contributed by atoms with Gasteiger partial charge in [-0.05, 0) is 13.3 Å². The number of hydrogen-bond donors (Lipinski definition) is 1. The minimum atomic E-state index is 0.0548. The van der Waals surface area contributed by atoms with Gasteiger partial charge in [-0.15, -0.1) is 0 Å². The van der Waals surface area contributed by atoms with Crippen molar-refractivity contribution in [2.45, 2.75) is 26.3 Å². The Morgan fingerprint density at radius 3 is 2.74 bits per heavy atom. The standard InChI is InChI=1S/C18H22N4O/c1-3-13(2)21-18(23)15-10-22(11-15)17-9-16(19-12-20-17)14-7-5-4-6-8-14/h4-9,12-13,15H,3,10-11H2,1-2H3,(H,21,23). The van der Waals surface area contributed by atoms with Crippen molar-refractivity contribution in [3.63, 3.8) is 0 Å². The molecule has 0 spiro atoms. The molecule has 5 nitrogen and oxygen atoms in total. The summed E-state index contributed by atoms with van der Waals surface area (Å²) in [6.45, 7) is 5.54. The van der Waals surface area contributed by atoms with Gasteiger partial charge in [0.1, 0.15) is 12.1 Å². The van der Waals surface area contributed by atoms with Gasteiger partial charge in [-0.2, -0.15) is 0 Å². The topological polar surface area (TPSA) is 58.1 Å². The van der Waals surface area contributed by atoms with Gasteiger partial charge in [-0.25, -0.2) is 9.97 Å². The van der Waals surface area contributed by atoms with Crippen molar-refractivity contribution in [2.24, 2.45) is 5.92 Å². The Bertz CT molecular complexity index is 668. The molecule has 23 heavy (non-hydrogen) atoms. The van der Waals surface area contributed by atoms with E-state index in [-0.39, 0.29) is 17.9 Å². The molecule has 1 unspecified atom stereocenters. The van der Waals surface area contributed by atoms with Crippen molar-refractivity contribution in [1.29, 1.82) is 0 Å². The third kappa shape index (κ3) is 3.50. The molecule has 1 aliphatic heterocycles. The average Bonchev–Trinajstić information content (AvgIpc) is 2.54. The van der Waals surface area contributed by atoms with Crippen LogP contribution in [0.2, 0.25) is 0 Å². The van der Waals surface area contributed by atoms with E-state index in [4.69, 9.17) is 0 Å². The molecule has 1 aliphatic rings. The average molecular weight is 310 g/mol. The molecular formula is C18H22N4O. The van der Waals surface area contributed by atoms with E-state index in [9.17, 15) is 4.79 Å². The van der Waals surface area contributed by atoms with Crippen LogP contribution >= 0.6 is 0 Å². The third-order valence-corrected chi connectivity index (χ3v) is 4.30. The van der Waals surface area contributed by atoms with E-state index in [2.05, 4.69) is 27.1 Å². The number of nitrogens with zero attached hydrogens (tertiary/aromatic N) is 3. The number of aromatic nitrogens is 2. The Morgan fingerprint density at radius 1 is 1.30 bits per heavy atom. The van der Waals surface area contributed by atoms with E-state index < -0.39 is 0 Å². The molecule has 3 rings (SSSR count). The van der Waals surface area contributed by atoms with Gasteiger partial charge in [0.15, 0.2) is 0 Å². The lowest BCUT2D eigenvalue weighted by atomic mass is 9.98. The first-order valence-electron chi connectivity index (χ1n) is 8.10. The molecule has 1 atom stereocenters. The number of rotatable bonds is 5. The lowest BCUT2D eigenvalue weighted by Crippen LogP contribution is -2.55. The van der Waals surface area contributed by atoms with Crippen molar-refractivity contribution in [2.75, 3.05) is 18.0 Å². The number of anilines is 1. The molecule has 1 aromatic carbocycles. The molecule has 0 saturated carbocycles. The molecule has 1 saturated heterocycles. The van der Waals surface area contributed by atoms with Crippen molar-refractivity contribution in [3.8, 4) is 11.3 Å². The Labute approximate surface area is 136 Å². The van der Waals surface area contributed by atoms with Crippen LogP contribution in [0.1, 0.15) is 20.3 Å². The Morgan fingerprint density at radius 2 is 2.04 bits per heavy atom. The first kappa shape index (κ1) is 15.5. The zero-order valence-electron chi connectivity index (χ0n) is 13.6. The van der Waals surface area contributed by atoms with Gasteiger partial charge in [0.2, 0.25) is 5.91 Å². The van der Waals surface area contributed by atoms with Crippen molar-refractivity contribution in [1.82, 2.24) is 15.3 Å². The highest BCUT2D eigenvalue weighted by atomic mass is 16.2. The summed E-state index contributed by atoms with van der Waals surface area (Å²) in [5.41, 5.74) is 1.98. The molecule has 0 bridgehead atoms. The number of carbonyl (C=O) groups excluding carboxylic acids is 1. The third-order valence-electron chi connectivity index (χ3n) is 4.30. The maximum absolute atomic E-state index is 12.1. The minimum absolute atomic E-state index is 0.0548. The van der Waals surface area contributed by atoms with E-state index >= 15 is 0 Å². The zero-order chi connectivity index (χ0) is 16.2. The normalized spacial score (nSPS) is 15.8. The van der Waals surface area contributed by atoms with Crippen LogP contribution in [0.25, 0.3) is 11.3 Å². The molecule has 0 aliphatic carbocycles. The van der Waals surface area contributed by atoms with Crippen LogP contribution in [0.4, 0.5) is 5.82 Å². The number of amides is 1. The largest absolute Gasteiger partial charge is 0.355 e. The van der Waals surface area contributed by atoms with Gasteiger partial charge in [0.25, 0.3) is 0 Å². The summed E-state index contributed by atoms with van der Waals surface area (Å²) in [4.78, 5) is 22.9. The van der Waals surface area contributed by atoms with Gasteiger partial charge in [-0.1, -0.05) is 37.3 Å². The molecule has 2 heterocycles. The summed E-state index contributed by atoms with van der Waals surface area (Å²) >= 11 is 0. The van der Waals surface area contributed by atoms with E-state index in [0.717, 1.165) is 23.5 Å². The summed E-state index contributed by atoms with van der Waals surface area (Å²) in [5, 5.41) is 3.04. The monoisotopic (exact) mass is 310 g/mol. The lowest BCUT2D eigenvalue weighted by Gasteiger charge is -2.39. The van der Waals surface area contributed by atoms with Crippen LogP contribution in [0.5, 0.6) is 0 Å². The summed E-state index contributed by atoms with van der Waals surface area (Å²) in [6, 6.07) is 12.3. The minimum Gasteiger partial charge on any atom is -0.355 e. The first-order valence-corrected chi connectivity index (χ1v) is 8.10. The first-order chi connectivity index (χ1) is 11.2. The van der Waals surface area contributed by atoms with E-state index in [1.54, 1.807) is 6.33 Å². The highest BCUT2D eigenvalue weighted by molar-refractivity contribution is 5.82. The van der Waals surface area contributed by atoms with Gasteiger partial charge < -0.3 is 10.2 Å². The fourth-order valence-electron chi connectivity index (χ4n) is 2.58. The maximum atomic E-state index is 12.1. The van der Waals surface area contributed by atoms with Gasteiger partial charge in [0, 0.05) is 30.8 Å². The zero-order valence-corrected chi connectivity index (χ0v) is 13.6. The Kier molecular flexibility index (Phi) is 4.55. The van der Waals surface area contributed by atoms with Crippen molar-refractivity contribution < 1.29 is 4.79 Å². The molecule has 1 N–H and O–H groups in total. The number of nitrogens with one attached hydrogen (secondary N) is 1. The molecular weight excluding hydrogens is 288 g/mol. The van der Waals surface area contributed by atoms with Gasteiger partial charge in [-0.3, -0.25) is 4.79 Å². The number of benzene rings is 1. The second kappa shape index (κ2) is 6.77. The van der Waals surface area contributed by atoms with E-state index in [0.29, 0.717) is 13.1 Å². The summed E-state index contributed by atoms with van der Waals surface area (Å²) in [7, 11) is 0. The van der Waals surface area contributed by atoms with Crippen LogP contribution in [0.15, 0.2) is 42.7 Å². The molecule has 0 radical (unpaired) electrons. The van der Waals surface area contributed by atoms with Crippen LogP contribution in [-0.2, 0) is 4.79 Å². The van der Waals surface area contributed by atoms with Crippen LogP contribution < -0.4 is 10.2 Å². The molecule has 1 fully saturated rings. The number of hydrogen-bond acceptors (Lipinski definition) is 4. The quantitative estimate of drug-likeness (QED) is 0.922. The second-order valence-electron chi connectivity index (χ2n) is 6.05. The van der Waals surface area contributed by atoms with Gasteiger partial charge >= 0.3 is 0 Å². The molecule has 5 heteroatoms. The molecule has 1 aromatic heterocycles. The van der Waals surface area contributed by atoms with Crippen molar-refractivity contribution >= 4 is 11.7 Å². The molecule has 2 aromatic rings. The Balaban J connectivity index is 1.63. The van der Waals surface area contributed by atoms with Crippen LogP contribution in [0, 0.1) is 5.92 Å². The smallest absolute Gasteiger partial charge is 0.226 e. The second-order valence-corrected chi connectivity index (χ2v) is 6.05. The highest BCUT2D eigenvalue weighted by Gasteiger charge is 2.33. The Hall–Kier alpha value is -2.43. The van der Waals surface area contributed by atoms with E-state index in [1.807, 2.05) is 43.3 Å². The van der Waals surface area contributed by atoms with Crippen LogP contribution in [0.3, 0.4) is 0 Å². The lowest BCUT2D eigenvalue weighted by molar-refractivity contribution is -0.126. The summed E-state index contributed by atoms with van der Waals surface area (Å²) in [6.07, 6.45) is 2.54. The predicted octanol–water partition coefficient (Wildman–Crippen LogP) is 2.49. The van der Waals surface area contributed by atoms with E-state index in [1.165, 1.54) is 0 Å². The predicted molar refractivity (Wildman–Crippen MR) is 91.1 cm³/mol.